The molecule has 1 atom stereocenters. The molecule has 6 heteroatoms. The first-order chi connectivity index (χ1) is 14.9. The molecule has 0 aliphatic rings. The lowest BCUT2D eigenvalue weighted by Gasteiger charge is -2.17. The highest BCUT2D eigenvalue weighted by atomic mass is 16.2. The monoisotopic (exact) mass is 414 g/mol. The average molecular weight is 415 g/mol. The molecule has 2 aromatic carbocycles. The number of carbonyl (C=O) groups is 2. The van der Waals surface area contributed by atoms with Gasteiger partial charge < -0.3 is 16.0 Å². The normalized spacial score (nSPS) is 11.3. The Hall–Kier alpha value is -3.93. The fourth-order valence-electron chi connectivity index (χ4n) is 3.13. The lowest BCUT2D eigenvalue weighted by molar-refractivity contribution is -0.116. The predicted octanol–water partition coefficient (Wildman–Crippen LogP) is 4.62. The first-order valence-electron chi connectivity index (χ1n) is 10.0. The van der Waals surface area contributed by atoms with Crippen molar-refractivity contribution in [3.05, 3.63) is 102 Å². The Morgan fingerprint density at radius 2 is 1.84 bits per heavy atom. The van der Waals surface area contributed by atoms with E-state index in [2.05, 4.69) is 34.4 Å². The van der Waals surface area contributed by atoms with Gasteiger partial charge in [-0.25, -0.2) is 0 Å². The van der Waals surface area contributed by atoms with Gasteiger partial charge in [-0.3, -0.25) is 14.6 Å². The number of nitrogens with one attached hydrogen (secondary N) is 3. The van der Waals surface area contributed by atoms with Crippen LogP contribution in [0.5, 0.6) is 0 Å². The number of amides is 2. The van der Waals surface area contributed by atoms with Crippen molar-refractivity contribution in [1.29, 1.82) is 0 Å². The number of anilines is 2. The third-order valence-corrected chi connectivity index (χ3v) is 4.74. The molecule has 0 spiro atoms. The van der Waals surface area contributed by atoms with E-state index in [1.165, 1.54) is 6.08 Å². The zero-order chi connectivity index (χ0) is 22.2. The van der Waals surface area contributed by atoms with Crippen LogP contribution in [0.3, 0.4) is 0 Å². The summed E-state index contributed by atoms with van der Waals surface area (Å²) in [6.45, 7) is 7.85. The fraction of sp³-hybridized carbons (Fsp3) is 0.160. The Labute approximate surface area is 182 Å². The van der Waals surface area contributed by atoms with Crippen molar-refractivity contribution < 1.29 is 9.59 Å². The molecule has 1 unspecified atom stereocenters. The van der Waals surface area contributed by atoms with Crippen LogP contribution in [0.4, 0.5) is 11.4 Å². The fourth-order valence-corrected chi connectivity index (χ4v) is 3.13. The topological polar surface area (TPSA) is 83.1 Å². The minimum atomic E-state index is -0.202. The number of carbonyl (C=O) groups excluding carboxylic acids is 2. The molecule has 2 amide bonds. The second kappa shape index (κ2) is 10.2. The van der Waals surface area contributed by atoms with Crippen LogP contribution in [0.2, 0.25) is 0 Å². The van der Waals surface area contributed by atoms with Crippen LogP contribution in [0.1, 0.15) is 40.0 Å². The van der Waals surface area contributed by atoms with E-state index < -0.39 is 0 Å². The molecular formula is C25H26N4O2. The van der Waals surface area contributed by atoms with Crippen LogP contribution < -0.4 is 16.0 Å². The zero-order valence-corrected chi connectivity index (χ0v) is 17.7. The SMILES string of the molecule is C=CC(=O)NCc1cccc(NC(C)c2cccc(NC(=O)c3cncc(C)c3)c2)c1. The van der Waals surface area contributed by atoms with E-state index in [1.54, 1.807) is 18.5 Å². The molecule has 1 heterocycles. The third-order valence-electron chi connectivity index (χ3n) is 4.74. The first-order valence-corrected chi connectivity index (χ1v) is 10.0. The molecule has 0 saturated heterocycles. The highest BCUT2D eigenvalue weighted by Crippen LogP contribution is 2.23. The highest BCUT2D eigenvalue weighted by molar-refractivity contribution is 6.04. The summed E-state index contributed by atoms with van der Waals surface area (Å²) >= 11 is 0. The Bertz CT molecular complexity index is 1090. The van der Waals surface area contributed by atoms with Crippen LogP contribution in [-0.4, -0.2) is 16.8 Å². The molecule has 0 aliphatic carbocycles. The summed E-state index contributed by atoms with van der Waals surface area (Å²) in [5.74, 6) is -0.393. The molecule has 3 N–H and O–H groups in total. The zero-order valence-electron chi connectivity index (χ0n) is 17.7. The highest BCUT2D eigenvalue weighted by Gasteiger charge is 2.10. The second-order valence-corrected chi connectivity index (χ2v) is 7.32. The largest absolute Gasteiger partial charge is 0.379 e. The van der Waals surface area contributed by atoms with Crippen LogP contribution in [-0.2, 0) is 11.3 Å². The van der Waals surface area contributed by atoms with Gasteiger partial charge in [0.15, 0.2) is 0 Å². The van der Waals surface area contributed by atoms with E-state index in [4.69, 9.17) is 0 Å². The van der Waals surface area contributed by atoms with Crippen molar-refractivity contribution in [1.82, 2.24) is 10.3 Å². The van der Waals surface area contributed by atoms with Crippen molar-refractivity contribution in [3.8, 4) is 0 Å². The Balaban J connectivity index is 1.66. The van der Waals surface area contributed by atoms with Crippen molar-refractivity contribution in [2.24, 2.45) is 0 Å². The molecule has 0 aliphatic heterocycles. The third kappa shape index (κ3) is 6.27. The standard InChI is InChI=1S/C25H26N4O2/c1-4-24(30)27-15-19-7-5-9-22(12-19)28-18(3)20-8-6-10-23(13-20)29-25(31)21-11-17(2)14-26-16-21/h4-14,16,18,28H,1,15H2,2-3H3,(H,27,30)(H,29,31). The summed E-state index contributed by atoms with van der Waals surface area (Å²) in [5.41, 5.74) is 5.14. The van der Waals surface area contributed by atoms with Crippen molar-refractivity contribution in [3.63, 3.8) is 0 Å². The first kappa shape index (κ1) is 21.8. The maximum Gasteiger partial charge on any atom is 0.257 e. The van der Waals surface area contributed by atoms with Crippen molar-refractivity contribution in [2.45, 2.75) is 26.4 Å². The number of aromatic nitrogens is 1. The number of nitrogens with zero attached hydrogens (tertiary/aromatic N) is 1. The van der Waals surface area contributed by atoms with E-state index >= 15 is 0 Å². The molecule has 3 rings (SSSR count). The number of pyridine rings is 1. The minimum absolute atomic E-state index is 0.00973. The van der Waals surface area contributed by atoms with E-state index in [-0.39, 0.29) is 17.9 Å². The van der Waals surface area contributed by atoms with E-state index in [0.717, 1.165) is 28.1 Å². The van der Waals surface area contributed by atoms with Gasteiger partial charge in [-0.15, -0.1) is 0 Å². The summed E-state index contributed by atoms with van der Waals surface area (Å²) in [6, 6.07) is 17.4. The molecule has 0 fully saturated rings. The van der Waals surface area contributed by atoms with E-state index in [0.29, 0.717) is 12.1 Å². The summed E-state index contributed by atoms with van der Waals surface area (Å²) in [4.78, 5) is 27.9. The maximum absolute atomic E-state index is 12.5. The molecule has 6 nitrogen and oxygen atoms in total. The van der Waals surface area contributed by atoms with Gasteiger partial charge in [-0.05, 0) is 66.9 Å². The second-order valence-electron chi connectivity index (χ2n) is 7.32. The average Bonchev–Trinajstić information content (AvgIpc) is 2.78. The number of hydrogen-bond acceptors (Lipinski definition) is 4. The Morgan fingerprint density at radius 3 is 2.61 bits per heavy atom. The number of hydrogen-bond donors (Lipinski definition) is 3. The molecule has 31 heavy (non-hydrogen) atoms. The van der Waals surface area contributed by atoms with Gasteiger partial charge in [0.05, 0.1) is 5.56 Å². The lowest BCUT2D eigenvalue weighted by atomic mass is 10.1. The van der Waals surface area contributed by atoms with Crippen molar-refractivity contribution in [2.75, 3.05) is 10.6 Å². The molecule has 0 bridgehead atoms. The number of rotatable bonds is 8. The van der Waals surface area contributed by atoms with Gasteiger partial charge in [-0.2, -0.15) is 0 Å². The molecule has 1 aromatic heterocycles. The molecular weight excluding hydrogens is 388 g/mol. The summed E-state index contributed by atoms with van der Waals surface area (Å²) in [5, 5.41) is 9.17. The minimum Gasteiger partial charge on any atom is -0.379 e. The van der Waals surface area contributed by atoms with Gasteiger partial charge in [0.2, 0.25) is 5.91 Å². The van der Waals surface area contributed by atoms with Gasteiger partial charge in [0.25, 0.3) is 5.91 Å². The van der Waals surface area contributed by atoms with Gasteiger partial charge in [0.1, 0.15) is 0 Å². The Morgan fingerprint density at radius 1 is 1.06 bits per heavy atom. The number of benzene rings is 2. The summed E-state index contributed by atoms with van der Waals surface area (Å²) in [7, 11) is 0. The van der Waals surface area contributed by atoms with E-state index in [1.807, 2.05) is 55.5 Å². The molecule has 158 valence electrons. The predicted molar refractivity (Wildman–Crippen MR) is 124 cm³/mol. The van der Waals surface area contributed by atoms with Crippen LogP contribution in [0.15, 0.2) is 79.6 Å². The van der Waals surface area contributed by atoms with Crippen LogP contribution in [0, 0.1) is 6.92 Å². The summed E-state index contributed by atoms with van der Waals surface area (Å²) < 4.78 is 0. The molecule has 0 saturated carbocycles. The van der Waals surface area contributed by atoms with Crippen LogP contribution in [0.25, 0.3) is 0 Å². The van der Waals surface area contributed by atoms with Crippen LogP contribution >= 0.6 is 0 Å². The lowest BCUT2D eigenvalue weighted by Crippen LogP contribution is -2.20. The maximum atomic E-state index is 12.5. The van der Waals surface area contributed by atoms with Gasteiger partial charge >= 0.3 is 0 Å². The quantitative estimate of drug-likeness (QED) is 0.470. The smallest absolute Gasteiger partial charge is 0.257 e. The molecule has 0 radical (unpaired) electrons. The van der Waals surface area contributed by atoms with E-state index in [9.17, 15) is 9.59 Å². The summed E-state index contributed by atoms with van der Waals surface area (Å²) in [6.07, 6.45) is 4.53. The number of aryl methyl sites for hydroxylation is 1. The van der Waals surface area contributed by atoms with Crippen molar-refractivity contribution >= 4 is 23.2 Å². The van der Waals surface area contributed by atoms with Gasteiger partial charge in [0, 0.05) is 36.4 Å². The van der Waals surface area contributed by atoms with Gasteiger partial charge in [-0.1, -0.05) is 30.8 Å². The Kier molecular flexibility index (Phi) is 7.17. The molecule has 3 aromatic rings.